The van der Waals surface area contributed by atoms with E-state index in [1.54, 1.807) is 18.2 Å². The fourth-order valence-corrected chi connectivity index (χ4v) is 3.08. The van der Waals surface area contributed by atoms with Gasteiger partial charge >= 0.3 is 5.97 Å². The van der Waals surface area contributed by atoms with Crippen LogP contribution in [0.5, 0.6) is 23.0 Å². The lowest BCUT2D eigenvalue weighted by atomic mass is 10.2. The van der Waals surface area contributed by atoms with Crippen molar-refractivity contribution in [1.29, 1.82) is 0 Å². The summed E-state index contributed by atoms with van der Waals surface area (Å²) in [6, 6.07) is 8.02. The summed E-state index contributed by atoms with van der Waals surface area (Å²) in [5.74, 6) is 0.735. The molecule has 2 aromatic carbocycles. The van der Waals surface area contributed by atoms with E-state index < -0.39 is 18.5 Å². The predicted octanol–water partition coefficient (Wildman–Crippen LogP) is 4.06. The van der Waals surface area contributed by atoms with Crippen LogP contribution < -0.4 is 24.3 Å². The summed E-state index contributed by atoms with van der Waals surface area (Å²) in [7, 11) is 2.94. The molecule has 0 atom stereocenters. The Balaban J connectivity index is 2.02. The van der Waals surface area contributed by atoms with Gasteiger partial charge < -0.3 is 29.0 Å². The third-order valence-electron chi connectivity index (χ3n) is 3.84. The second-order valence-electron chi connectivity index (χ2n) is 5.85. The van der Waals surface area contributed by atoms with Gasteiger partial charge in [-0.25, -0.2) is 4.79 Å². The molecule has 0 heterocycles. The number of ether oxygens (including phenoxy) is 5. The average Bonchev–Trinajstić information content (AvgIpc) is 2.74. The van der Waals surface area contributed by atoms with Gasteiger partial charge in [-0.3, -0.25) is 4.79 Å². The number of esters is 1. The number of rotatable bonds is 10. The quantitative estimate of drug-likeness (QED) is 0.511. The molecule has 30 heavy (non-hydrogen) atoms. The maximum absolute atomic E-state index is 12.3. The Morgan fingerprint density at radius 1 is 0.900 bits per heavy atom. The number of halogens is 1. The van der Waals surface area contributed by atoms with Gasteiger partial charge in [0.15, 0.2) is 18.1 Å². The standard InChI is InChI=1S/C21H24BrNO7/c1-5-28-15-8-7-14(11-16(15)29-6-2)23-19(24)12-30-21(25)13-9-17(26-3)20(22)18(10-13)27-4/h7-11H,5-6,12H2,1-4H3,(H,23,24). The molecule has 8 nitrogen and oxygen atoms in total. The molecule has 0 aliphatic heterocycles. The normalized spacial score (nSPS) is 10.2. The van der Waals surface area contributed by atoms with Crippen LogP contribution in [0.1, 0.15) is 24.2 Å². The number of nitrogens with one attached hydrogen (secondary N) is 1. The minimum atomic E-state index is -0.684. The van der Waals surface area contributed by atoms with Gasteiger partial charge in [0, 0.05) is 11.8 Å². The molecule has 2 rings (SSSR count). The fourth-order valence-electron chi connectivity index (χ4n) is 2.53. The molecule has 1 amide bonds. The second-order valence-corrected chi connectivity index (χ2v) is 6.64. The lowest BCUT2D eigenvalue weighted by Crippen LogP contribution is -2.21. The van der Waals surface area contributed by atoms with Gasteiger partial charge in [-0.2, -0.15) is 0 Å². The lowest BCUT2D eigenvalue weighted by Gasteiger charge is -2.13. The Morgan fingerprint density at radius 3 is 2.07 bits per heavy atom. The van der Waals surface area contributed by atoms with Crippen molar-refractivity contribution >= 4 is 33.5 Å². The first-order chi connectivity index (χ1) is 14.4. The monoisotopic (exact) mass is 481 g/mol. The van der Waals surface area contributed by atoms with Crippen LogP contribution >= 0.6 is 15.9 Å². The van der Waals surface area contributed by atoms with Crippen molar-refractivity contribution in [2.24, 2.45) is 0 Å². The molecule has 0 spiro atoms. The zero-order valence-electron chi connectivity index (χ0n) is 17.2. The van der Waals surface area contributed by atoms with Crippen molar-refractivity contribution in [3.8, 4) is 23.0 Å². The van der Waals surface area contributed by atoms with E-state index in [4.69, 9.17) is 23.7 Å². The van der Waals surface area contributed by atoms with Crippen LogP contribution in [0, 0.1) is 0 Å². The number of hydrogen-bond acceptors (Lipinski definition) is 7. The first-order valence-electron chi connectivity index (χ1n) is 9.21. The highest BCUT2D eigenvalue weighted by Crippen LogP contribution is 2.36. The highest BCUT2D eigenvalue weighted by atomic mass is 79.9. The van der Waals surface area contributed by atoms with Crippen LogP contribution in [0.2, 0.25) is 0 Å². The molecule has 0 aliphatic carbocycles. The number of anilines is 1. The summed E-state index contributed by atoms with van der Waals surface area (Å²) in [4.78, 5) is 24.6. The van der Waals surface area contributed by atoms with Crippen LogP contribution in [-0.2, 0) is 9.53 Å². The molecule has 0 radical (unpaired) electrons. The maximum atomic E-state index is 12.3. The molecule has 9 heteroatoms. The minimum Gasteiger partial charge on any atom is -0.495 e. The summed E-state index contributed by atoms with van der Waals surface area (Å²) in [6.07, 6.45) is 0. The van der Waals surface area contributed by atoms with Gasteiger partial charge in [-0.1, -0.05) is 0 Å². The van der Waals surface area contributed by atoms with Crippen LogP contribution in [0.3, 0.4) is 0 Å². The molecule has 0 saturated carbocycles. The van der Waals surface area contributed by atoms with E-state index in [-0.39, 0.29) is 5.56 Å². The molecule has 0 fully saturated rings. The Hall–Kier alpha value is -2.94. The largest absolute Gasteiger partial charge is 0.495 e. The summed E-state index contributed by atoms with van der Waals surface area (Å²) in [5, 5.41) is 2.66. The third-order valence-corrected chi connectivity index (χ3v) is 4.62. The molecule has 162 valence electrons. The van der Waals surface area contributed by atoms with Crippen molar-refractivity contribution in [2.45, 2.75) is 13.8 Å². The van der Waals surface area contributed by atoms with Gasteiger partial charge in [0.25, 0.3) is 5.91 Å². The maximum Gasteiger partial charge on any atom is 0.338 e. The number of methoxy groups -OCH3 is 2. The summed E-state index contributed by atoms with van der Waals surface area (Å²) in [6.45, 7) is 4.21. The molecule has 2 aromatic rings. The van der Waals surface area contributed by atoms with E-state index in [2.05, 4.69) is 21.2 Å². The van der Waals surface area contributed by atoms with Crippen molar-refractivity contribution in [1.82, 2.24) is 0 Å². The summed E-state index contributed by atoms with van der Waals surface area (Å²) in [5.41, 5.74) is 0.689. The van der Waals surface area contributed by atoms with Crippen molar-refractivity contribution < 1.29 is 33.3 Å². The van der Waals surface area contributed by atoms with Gasteiger partial charge in [0.05, 0.1) is 33.0 Å². The van der Waals surface area contributed by atoms with Crippen molar-refractivity contribution in [2.75, 3.05) is 39.4 Å². The van der Waals surface area contributed by atoms with E-state index in [9.17, 15) is 9.59 Å². The Kier molecular flexibility index (Phi) is 8.79. The Bertz CT molecular complexity index is 876. The summed E-state index contributed by atoms with van der Waals surface area (Å²) >= 11 is 3.33. The van der Waals surface area contributed by atoms with Crippen molar-refractivity contribution in [3.63, 3.8) is 0 Å². The van der Waals surface area contributed by atoms with Gasteiger partial charge in [0.2, 0.25) is 0 Å². The number of carbonyl (C=O) groups is 2. The highest BCUT2D eigenvalue weighted by molar-refractivity contribution is 9.10. The zero-order valence-corrected chi connectivity index (χ0v) is 18.8. The fraction of sp³-hybridized carbons (Fsp3) is 0.333. The van der Waals surface area contributed by atoms with E-state index in [1.165, 1.54) is 26.4 Å². The van der Waals surface area contributed by atoms with E-state index in [1.807, 2.05) is 13.8 Å². The minimum absolute atomic E-state index is 0.194. The average molecular weight is 482 g/mol. The summed E-state index contributed by atoms with van der Waals surface area (Å²) < 4.78 is 27.1. The predicted molar refractivity (Wildman–Crippen MR) is 115 cm³/mol. The van der Waals surface area contributed by atoms with Gasteiger partial charge in [-0.05, 0) is 54.0 Å². The topological polar surface area (TPSA) is 92.3 Å². The zero-order chi connectivity index (χ0) is 22.1. The lowest BCUT2D eigenvalue weighted by molar-refractivity contribution is -0.119. The number of amides is 1. The molecule has 0 aromatic heterocycles. The molecule has 0 unspecified atom stereocenters. The van der Waals surface area contributed by atoms with Crippen LogP contribution in [0.15, 0.2) is 34.8 Å². The number of benzene rings is 2. The Morgan fingerprint density at radius 2 is 1.50 bits per heavy atom. The molecule has 0 bridgehead atoms. The smallest absolute Gasteiger partial charge is 0.338 e. The van der Waals surface area contributed by atoms with Gasteiger partial charge in [-0.15, -0.1) is 0 Å². The van der Waals surface area contributed by atoms with Crippen LogP contribution in [0.4, 0.5) is 5.69 Å². The Labute approximate surface area is 183 Å². The van der Waals surface area contributed by atoms with Gasteiger partial charge in [0.1, 0.15) is 16.0 Å². The second kappa shape index (κ2) is 11.3. The first kappa shape index (κ1) is 23.3. The van der Waals surface area contributed by atoms with E-state index in [0.29, 0.717) is 46.4 Å². The molecule has 0 saturated heterocycles. The molecular weight excluding hydrogens is 458 g/mol. The van der Waals surface area contributed by atoms with Crippen molar-refractivity contribution in [3.05, 3.63) is 40.4 Å². The first-order valence-corrected chi connectivity index (χ1v) is 10.0. The SMILES string of the molecule is CCOc1ccc(NC(=O)COC(=O)c2cc(OC)c(Br)c(OC)c2)cc1OCC. The molecular formula is C21H24BrNO7. The molecule has 1 N–H and O–H groups in total. The van der Waals surface area contributed by atoms with E-state index >= 15 is 0 Å². The third kappa shape index (κ3) is 6.03. The van der Waals surface area contributed by atoms with Crippen LogP contribution in [0.25, 0.3) is 0 Å². The number of hydrogen-bond donors (Lipinski definition) is 1. The highest BCUT2D eigenvalue weighted by Gasteiger charge is 2.17. The molecule has 0 aliphatic rings. The van der Waals surface area contributed by atoms with Crippen LogP contribution in [-0.4, -0.2) is 45.9 Å². The van der Waals surface area contributed by atoms with E-state index in [0.717, 1.165) is 0 Å². The number of carbonyl (C=O) groups excluding carboxylic acids is 2.